The SMILES string of the molecule is Cc1cc(C(C)Nc2cccc(-c3cc(C)c(C(=O)NC(C)C(=O)O)c(C)c3)c2)cc(C)c1Cl. The normalized spacial score (nSPS) is 12.7. The van der Waals surface area contributed by atoms with Crippen molar-refractivity contribution >= 4 is 29.2 Å². The van der Waals surface area contributed by atoms with Gasteiger partial charge in [0.1, 0.15) is 6.04 Å². The largest absolute Gasteiger partial charge is 0.480 e. The monoisotopic (exact) mass is 478 g/mol. The van der Waals surface area contributed by atoms with Crippen LogP contribution in [-0.2, 0) is 4.79 Å². The fourth-order valence-corrected chi connectivity index (χ4v) is 4.28. The lowest BCUT2D eigenvalue weighted by Crippen LogP contribution is -2.38. The second-order valence-corrected chi connectivity index (χ2v) is 9.31. The molecule has 0 saturated carbocycles. The second kappa shape index (κ2) is 10.3. The van der Waals surface area contributed by atoms with E-state index in [0.717, 1.165) is 44.1 Å². The Labute approximate surface area is 206 Å². The van der Waals surface area contributed by atoms with Crippen LogP contribution in [0.3, 0.4) is 0 Å². The van der Waals surface area contributed by atoms with E-state index in [0.29, 0.717) is 5.56 Å². The van der Waals surface area contributed by atoms with Crippen molar-refractivity contribution in [3.05, 3.63) is 86.9 Å². The molecule has 34 heavy (non-hydrogen) atoms. The van der Waals surface area contributed by atoms with E-state index < -0.39 is 12.0 Å². The van der Waals surface area contributed by atoms with Gasteiger partial charge in [-0.2, -0.15) is 0 Å². The Morgan fingerprint density at radius 3 is 2.00 bits per heavy atom. The number of amides is 1. The van der Waals surface area contributed by atoms with Crippen LogP contribution in [0.1, 0.15) is 58.1 Å². The Bertz CT molecular complexity index is 1210. The maximum absolute atomic E-state index is 12.6. The van der Waals surface area contributed by atoms with E-state index in [1.807, 2.05) is 58.0 Å². The van der Waals surface area contributed by atoms with Crippen molar-refractivity contribution in [2.45, 2.75) is 53.6 Å². The lowest BCUT2D eigenvalue weighted by molar-refractivity contribution is -0.138. The van der Waals surface area contributed by atoms with E-state index in [-0.39, 0.29) is 11.9 Å². The van der Waals surface area contributed by atoms with Gasteiger partial charge in [-0.15, -0.1) is 0 Å². The summed E-state index contributed by atoms with van der Waals surface area (Å²) in [6.07, 6.45) is 0. The van der Waals surface area contributed by atoms with Gasteiger partial charge in [-0.05, 0) is 92.6 Å². The maximum Gasteiger partial charge on any atom is 0.325 e. The molecule has 0 bridgehead atoms. The molecule has 178 valence electrons. The third-order valence-electron chi connectivity index (χ3n) is 6.02. The number of carboxylic acids is 1. The van der Waals surface area contributed by atoms with Crippen molar-refractivity contribution in [3.63, 3.8) is 0 Å². The number of nitrogens with one attached hydrogen (secondary N) is 2. The van der Waals surface area contributed by atoms with Crippen LogP contribution in [0.25, 0.3) is 11.1 Å². The van der Waals surface area contributed by atoms with Crippen molar-refractivity contribution in [1.82, 2.24) is 5.32 Å². The number of hydrogen-bond acceptors (Lipinski definition) is 3. The number of carbonyl (C=O) groups excluding carboxylic acids is 1. The molecule has 0 radical (unpaired) electrons. The predicted octanol–water partition coefficient (Wildman–Crippen LogP) is 6.62. The summed E-state index contributed by atoms with van der Waals surface area (Å²) < 4.78 is 0. The highest BCUT2D eigenvalue weighted by molar-refractivity contribution is 6.32. The molecule has 3 aromatic carbocycles. The van der Waals surface area contributed by atoms with Crippen LogP contribution in [-0.4, -0.2) is 23.0 Å². The first-order chi connectivity index (χ1) is 16.0. The molecule has 0 aliphatic rings. The van der Waals surface area contributed by atoms with E-state index in [9.17, 15) is 9.59 Å². The fraction of sp³-hybridized carbons (Fsp3) is 0.286. The summed E-state index contributed by atoms with van der Waals surface area (Å²) in [5, 5.41) is 16.0. The first kappa shape index (κ1) is 25.3. The molecule has 1 amide bonds. The van der Waals surface area contributed by atoms with Crippen LogP contribution in [0.5, 0.6) is 0 Å². The predicted molar refractivity (Wildman–Crippen MR) is 139 cm³/mol. The van der Waals surface area contributed by atoms with Crippen LogP contribution in [0.2, 0.25) is 5.02 Å². The summed E-state index contributed by atoms with van der Waals surface area (Å²) in [6.45, 7) is 11.3. The topological polar surface area (TPSA) is 78.4 Å². The number of carboxylic acid groups (broad SMARTS) is 1. The summed E-state index contributed by atoms with van der Waals surface area (Å²) in [5.74, 6) is -1.45. The number of hydrogen-bond donors (Lipinski definition) is 3. The molecule has 3 N–H and O–H groups in total. The van der Waals surface area contributed by atoms with E-state index in [1.54, 1.807) is 0 Å². The molecule has 6 heteroatoms. The standard InChI is InChI=1S/C28H31ClN2O3/c1-15-10-23(11-16(2)25(15)27(32)31-20(6)28(33)34)21-8-7-9-24(14-21)30-19(5)22-12-17(3)26(29)18(4)13-22/h7-14,19-20,30H,1-6H3,(H,31,32)(H,33,34). The molecule has 3 aromatic rings. The highest BCUT2D eigenvalue weighted by Gasteiger charge is 2.19. The molecule has 0 aromatic heterocycles. The third kappa shape index (κ3) is 5.60. The second-order valence-electron chi connectivity index (χ2n) is 8.93. The molecule has 5 nitrogen and oxygen atoms in total. The molecule has 3 rings (SSSR count). The Hall–Kier alpha value is -3.31. The minimum Gasteiger partial charge on any atom is -0.480 e. The number of aliphatic carboxylic acids is 1. The Morgan fingerprint density at radius 2 is 1.44 bits per heavy atom. The zero-order valence-corrected chi connectivity index (χ0v) is 21.2. The molecule has 2 unspecified atom stereocenters. The van der Waals surface area contributed by atoms with E-state index in [4.69, 9.17) is 16.7 Å². The van der Waals surface area contributed by atoms with Gasteiger partial charge < -0.3 is 15.7 Å². The number of halogens is 1. The minimum absolute atomic E-state index is 0.0932. The summed E-state index contributed by atoms with van der Waals surface area (Å²) in [6, 6.07) is 15.4. The molecule has 0 saturated heterocycles. The Morgan fingerprint density at radius 1 is 0.853 bits per heavy atom. The van der Waals surface area contributed by atoms with Crippen molar-refractivity contribution < 1.29 is 14.7 Å². The molecular weight excluding hydrogens is 448 g/mol. The van der Waals surface area contributed by atoms with E-state index in [2.05, 4.69) is 35.8 Å². The number of benzene rings is 3. The minimum atomic E-state index is -1.07. The smallest absolute Gasteiger partial charge is 0.325 e. The molecule has 0 aliphatic heterocycles. The van der Waals surface area contributed by atoms with Gasteiger partial charge in [0.15, 0.2) is 0 Å². The van der Waals surface area contributed by atoms with Gasteiger partial charge in [0, 0.05) is 22.3 Å². The van der Waals surface area contributed by atoms with Crippen molar-refractivity contribution in [1.29, 1.82) is 0 Å². The summed E-state index contributed by atoms with van der Waals surface area (Å²) >= 11 is 6.33. The quantitative estimate of drug-likeness (QED) is 0.356. The highest BCUT2D eigenvalue weighted by Crippen LogP contribution is 2.30. The first-order valence-corrected chi connectivity index (χ1v) is 11.6. The van der Waals surface area contributed by atoms with E-state index >= 15 is 0 Å². The zero-order valence-electron chi connectivity index (χ0n) is 20.4. The van der Waals surface area contributed by atoms with Gasteiger partial charge >= 0.3 is 5.97 Å². The van der Waals surface area contributed by atoms with E-state index in [1.165, 1.54) is 12.5 Å². The first-order valence-electron chi connectivity index (χ1n) is 11.3. The Kier molecular flexibility index (Phi) is 7.68. The van der Waals surface area contributed by atoms with Gasteiger partial charge in [-0.25, -0.2) is 0 Å². The molecule has 0 aliphatic carbocycles. The van der Waals surface area contributed by atoms with Crippen LogP contribution in [0.15, 0.2) is 48.5 Å². The van der Waals surface area contributed by atoms with Crippen LogP contribution < -0.4 is 10.6 Å². The Balaban J connectivity index is 1.85. The summed E-state index contributed by atoms with van der Waals surface area (Å²) in [4.78, 5) is 23.7. The lowest BCUT2D eigenvalue weighted by Gasteiger charge is -2.19. The highest BCUT2D eigenvalue weighted by atomic mass is 35.5. The zero-order chi connectivity index (χ0) is 25.2. The van der Waals surface area contributed by atoms with Gasteiger partial charge in [-0.3, -0.25) is 9.59 Å². The molecule has 0 fully saturated rings. The average Bonchev–Trinajstić information content (AvgIpc) is 2.76. The van der Waals surface area contributed by atoms with Gasteiger partial charge in [0.05, 0.1) is 0 Å². The lowest BCUT2D eigenvalue weighted by atomic mass is 9.94. The van der Waals surface area contributed by atoms with Crippen molar-refractivity contribution in [3.8, 4) is 11.1 Å². The maximum atomic E-state index is 12.6. The van der Waals surface area contributed by atoms with Crippen LogP contribution in [0, 0.1) is 27.7 Å². The molecule has 0 spiro atoms. The number of rotatable bonds is 7. The average molecular weight is 479 g/mol. The number of carbonyl (C=O) groups is 2. The van der Waals surface area contributed by atoms with Crippen molar-refractivity contribution in [2.24, 2.45) is 0 Å². The van der Waals surface area contributed by atoms with Gasteiger partial charge in [0.25, 0.3) is 5.91 Å². The summed E-state index contributed by atoms with van der Waals surface area (Å²) in [5.41, 5.74) is 8.40. The third-order valence-corrected chi connectivity index (χ3v) is 6.61. The number of aryl methyl sites for hydroxylation is 4. The summed E-state index contributed by atoms with van der Waals surface area (Å²) in [7, 11) is 0. The fourth-order valence-electron chi connectivity index (χ4n) is 4.17. The van der Waals surface area contributed by atoms with Crippen molar-refractivity contribution in [2.75, 3.05) is 5.32 Å². The van der Waals surface area contributed by atoms with Crippen LogP contribution in [0.4, 0.5) is 5.69 Å². The molecule has 0 heterocycles. The molecular formula is C28H31ClN2O3. The molecule has 2 atom stereocenters. The van der Waals surface area contributed by atoms with Gasteiger partial charge in [0.2, 0.25) is 0 Å². The van der Waals surface area contributed by atoms with Crippen LogP contribution >= 0.6 is 11.6 Å². The number of anilines is 1. The van der Waals surface area contributed by atoms with Gasteiger partial charge in [-0.1, -0.05) is 48.0 Å².